The summed E-state index contributed by atoms with van der Waals surface area (Å²) in [6, 6.07) is 9.54. The smallest absolute Gasteiger partial charge is 0.297 e. The summed E-state index contributed by atoms with van der Waals surface area (Å²) in [6.45, 7) is 8.68. The predicted octanol–water partition coefficient (Wildman–Crippen LogP) is 3.31. The topological polar surface area (TPSA) is 254 Å². The first-order valence-corrected chi connectivity index (χ1v) is 20.6. The number of thiazole rings is 1. The predicted molar refractivity (Wildman–Crippen MR) is 232 cm³/mol. The number of fused-ring (bicyclic) bond motifs is 2. The van der Waals surface area contributed by atoms with Gasteiger partial charge >= 0.3 is 0 Å². The average Bonchev–Trinajstić information content (AvgIpc) is 4.02. The van der Waals surface area contributed by atoms with Crippen LogP contribution in [0.15, 0.2) is 53.5 Å². The number of aromatic nitrogens is 7. The first-order chi connectivity index (χ1) is 29.7. The molecule has 62 heavy (non-hydrogen) atoms. The van der Waals surface area contributed by atoms with Crippen LogP contribution in [0, 0.1) is 13.8 Å². The average molecular weight is 868 g/mol. The molecule has 6 rings (SSSR count). The van der Waals surface area contributed by atoms with Crippen LogP contribution < -0.4 is 36.5 Å². The van der Waals surface area contributed by atoms with Crippen LogP contribution in [0.3, 0.4) is 0 Å². The molecule has 21 heteroatoms. The first-order valence-electron chi connectivity index (χ1n) is 19.7. The third-order valence-electron chi connectivity index (χ3n) is 9.86. The van der Waals surface area contributed by atoms with E-state index >= 15 is 0 Å². The molecule has 4 aromatic heterocycles. The number of primary amides is 2. The molecule has 20 nitrogen and oxygen atoms in total. The molecule has 6 N–H and O–H groups in total. The maximum absolute atomic E-state index is 13.8. The number of imidazole rings is 1. The fourth-order valence-corrected chi connectivity index (χ4v) is 7.87. The van der Waals surface area contributed by atoms with Crippen LogP contribution in [0.5, 0.6) is 11.5 Å². The van der Waals surface area contributed by atoms with E-state index in [9.17, 15) is 24.0 Å². The number of rotatable bonds is 18. The van der Waals surface area contributed by atoms with Crippen molar-refractivity contribution < 1.29 is 33.4 Å². The van der Waals surface area contributed by atoms with Gasteiger partial charge in [-0.3, -0.25) is 43.7 Å². The van der Waals surface area contributed by atoms with Crippen molar-refractivity contribution in [3.05, 3.63) is 87.3 Å². The molecule has 5 amide bonds. The van der Waals surface area contributed by atoms with Crippen molar-refractivity contribution in [2.45, 2.75) is 66.7 Å². The SMILES string of the molecule is CCn1nc(C)cc1C(=O)N=c1sc2cc(C(N)=O)cc(OC)c2n1C/C=C/Cn1c(NC(=O)c2cc(C)nn2CC)nc2cc(C(N)=O)cc(OCCCC(=O)N(C)NC)c21. The van der Waals surface area contributed by atoms with Crippen molar-refractivity contribution in [2.24, 2.45) is 16.5 Å². The molecule has 6 aromatic rings. The second-order valence-electron chi connectivity index (χ2n) is 14.1. The van der Waals surface area contributed by atoms with E-state index in [1.807, 2.05) is 26.0 Å². The van der Waals surface area contributed by atoms with Gasteiger partial charge in [0.15, 0.2) is 4.80 Å². The van der Waals surface area contributed by atoms with Crippen molar-refractivity contribution in [1.29, 1.82) is 0 Å². The summed E-state index contributed by atoms with van der Waals surface area (Å²) in [7, 11) is 4.73. The van der Waals surface area contributed by atoms with Gasteiger partial charge in [0.2, 0.25) is 23.7 Å². The number of nitrogens with one attached hydrogen (secondary N) is 2. The number of carbonyl (C=O) groups is 5. The van der Waals surface area contributed by atoms with Gasteiger partial charge in [0.1, 0.15) is 33.9 Å². The van der Waals surface area contributed by atoms with Crippen LogP contribution in [-0.2, 0) is 31.0 Å². The van der Waals surface area contributed by atoms with Gasteiger partial charge < -0.3 is 30.1 Å². The molecular formula is C41H49N13O7S. The summed E-state index contributed by atoms with van der Waals surface area (Å²) in [4.78, 5) is 74.2. The number of methoxy groups -OCH3 is 1. The zero-order valence-electron chi connectivity index (χ0n) is 35.5. The normalized spacial score (nSPS) is 11.8. The van der Waals surface area contributed by atoms with Crippen molar-refractivity contribution >= 4 is 68.1 Å². The van der Waals surface area contributed by atoms with Crippen LogP contribution in [0.2, 0.25) is 0 Å². The lowest BCUT2D eigenvalue weighted by atomic mass is 10.1. The Balaban J connectivity index is 1.42. The number of hydrazine groups is 1. The van der Waals surface area contributed by atoms with E-state index in [0.29, 0.717) is 74.1 Å². The van der Waals surface area contributed by atoms with Crippen molar-refractivity contribution in [3.63, 3.8) is 0 Å². The van der Waals surface area contributed by atoms with Gasteiger partial charge in [-0.25, -0.2) is 10.4 Å². The molecule has 0 saturated heterocycles. The number of aryl methyl sites for hydroxylation is 4. The number of nitrogens with two attached hydrogens (primary N) is 2. The molecule has 0 fully saturated rings. The molecule has 0 aliphatic heterocycles. The van der Waals surface area contributed by atoms with Crippen LogP contribution in [0.4, 0.5) is 5.95 Å². The lowest BCUT2D eigenvalue weighted by Gasteiger charge is -2.15. The fourth-order valence-electron chi connectivity index (χ4n) is 6.78. The maximum atomic E-state index is 13.8. The van der Waals surface area contributed by atoms with Gasteiger partial charge in [-0.1, -0.05) is 23.5 Å². The summed E-state index contributed by atoms with van der Waals surface area (Å²) in [6.07, 6.45) is 4.22. The van der Waals surface area contributed by atoms with E-state index in [2.05, 4.69) is 25.9 Å². The number of hydrogen-bond donors (Lipinski definition) is 4. The summed E-state index contributed by atoms with van der Waals surface area (Å²) in [5.41, 5.74) is 17.8. The number of carbonyl (C=O) groups excluding carboxylic acids is 5. The Labute approximate surface area is 359 Å². The van der Waals surface area contributed by atoms with Crippen LogP contribution in [0.1, 0.15) is 79.8 Å². The third kappa shape index (κ3) is 9.42. The zero-order valence-corrected chi connectivity index (χ0v) is 36.3. The first kappa shape index (κ1) is 44.4. The van der Waals surface area contributed by atoms with E-state index in [0.717, 1.165) is 0 Å². The number of anilines is 1. The molecule has 0 aliphatic rings. The summed E-state index contributed by atoms with van der Waals surface area (Å²) in [5.74, 6) is -1.71. The summed E-state index contributed by atoms with van der Waals surface area (Å²) < 4.78 is 19.2. The van der Waals surface area contributed by atoms with Gasteiger partial charge in [0, 0.05) is 57.8 Å². The molecule has 0 aliphatic carbocycles. The van der Waals surface area contributed by atoms with E-state index in [1.165, 1.54) is 41.7 Å². The molecule has 0 spiro atoms. The fraction of sp³-hybridized carbons (Fsp3) is 0.341. The molecule has 0 bridgehead atoms. The lowest BCUT2D eigenvalue weighted by molar-refractivity contribution is -0.132. The second-order valence-corrected chi connectivity index (χ2v) is 15.1. The standard InChI is InChI=1S/C41H49N13O7S/c1-8-53-28(17-23(3)48-53)38(58)46-40-45-27-19-25(36(42)56)21-31(61-16-12-13-33(55)50(6)44-5)34(27)51(40)14-10-11-15-52-35-30(60-7)20-26(37(43)57)22-32(35)62-41(52)47-39(59)29-18-24(4)49-54(29)9-2/h10-11,17-22,44H,8-9,12-16H2,1-7H3,(H2,42,56)(H2,43,57)(H,45,46,58)/b11-10+,47-41?. The quantitative estimate of drug-likeness (QED) is 0.0554. The Morgan fingerprint density at radius 3 is 2.10 bits per heavy atom. The molecule has 0 saturated carbocycles. The monoisotopic (exact) mass is 867 g/mol. The highest BCUT2D eigenvalue weighted by molar-refractivity contribution is 7.16. The van der Waals surface area contributed by atoms with Crippen molar-refractivity contribution in [2.75, 3.05) is 33.1 Å². The number of ether oxygens (including phenoxy) is 2. The Hall–Kier alpha value is -7.13. The van der Waals surface area contributed by atoms with Crippen molar-refractivity contribution in [1.82, 2.24) is 44.1 Å². The highest BCUT2D eigenvalue weighted by atomic mass is 32.1. The number of hydrogen-bond acceptors (Lipinski definition) is 12. The number of allylic oxidation sites excluding steroid dienone is 2. The van der Waals surface area contributed by atoms with Crippen LogP contribution >= 0.6 is 11.3 Å². The van der Waals surface area contributed by atoms with Crippen molar-refractivity contribution in [3.8, 4) is 11.5 Å². The minimum absolute atomic E-state index is 0.114. The molecule has 2 aromatic carbocycles. The Morgan fingerprint density at radius 1 is 0.855 bits per heavy atom. The Morgan fingerprint density at radius 2 is 1.47 bits per heavy atom. The van der Waals surface area contributed by atoms with E-state index in [1.54, 1.807) is 64.6 Å². The van der Waals surface area contributed by atoms with Crippen LogP contribution in [0.25, 0.3) is 21.3 Å². The van der Waals surface area contributed by atoms with E-state index in [4.69, 9.17) is 25.9 Å². The molecule has 326 valence electrons. The highest BCUT2D eigenvalue weighted by Crippen LogP contribution is 2.32. The lowest BCUT2D eigenvalue weighted by Crippen LogP contribution is -2.36. The Kier molecular flexibility index (Phi) is 13.7. The van der Waals surface area contributed by atoms with Crippen LogP contribution in [-0.4, -0.2) is 96.0 Å². The highest BCUT2D eigenvalue weighted by Gasteiger charge is 2.23. The molecule has 0 radical (unpaired) electrons. The molecule has 4 heterocycles. The van der Waals surface area contributed by atoms with Gasteiger partial charge in [-0.05, 0) is 70.5 Å². The molecule has 0 atom stereocenters. The van der Waals surface area contributed by atoms with Gasteiger partial charge in [-0.2, -0.15) is 15.2 Å². The number of nitrogens with zero attached hydrogens (tertiary/aromatic N) is 9. The zero-order chi connectivity index (χ0) is 44.8. The third-order valence-corrected chi connectivity index (χ3v) is 10.9. The Bertz CT molecular complexity index is 2810. The minimum atomic E-state index is -0.711. The van der Waals surface area contributed by atoms with E-state index in [-0.39, 0.29) is 54.8 Å². The van der Waals surface area contributed by atoms with Gasteiger partial charge in [-0.15, -0.1) is 0 Å². The largest absolute Gasteiger partial charge is 0.494 e. The summed E-state index contributed by atoms with van der Waals surface area (Å²) in [5, 5.41) is 13.1. The second kappa shape index (κ2) is 19.1. The number of amides is 5. The molecular weight excluding hydrogens is 819 g/mol. The minimum Gasteiger partial charge on any atom is -0.494 e. The molecule has 0 unspecified atom stereocenters. The summed E-state index contributed by atoms with van der Waals surface area (Å²) >= 11 is 1.19. The number of benzene rings is 2. The van der Waals surface area contributed by atoms with E-state index < -0.39 is 23.6 Å². The maximum Gasteiger partial charge on any atom is 0.297 e. The van der Waals surface area contributed by atoms with Gasteiger partial charge in [0.25, 0.3) is 11.8 Å². The van der Waals surface area contributed by atoms with Gasteiger partial charge in [0.05, 0.1) is 35.3 Å².